The molecule has 1 saturated carbocycles. The first kappa shape index (κ1) is 23.1. The van der Waals surface area contributed by atoms with Crippen LogP contribution in [0.15, 0.2) is 60.9 Å². The monoisotopic (exact) mass is 475 g/mol. The van der Waals surface area contributed by atoms with Gasteiger partial charge in [-0.15, -0.1) is 0 Å². The average Bonchev–Trinajstić information content (AvgIpc) is 3.27. The second-order valence-electron chi connectivity index (χ2n) is 9.42. The van der Waals surface area contributed by atoms with Gasteiger partial charge in [0.25, 0.3) is 0 Å². The Morgan fingerprint density at radius 1 is 1.00 bits per heavy atom. The summed E-state index contributed by atoms with van der Waals surface area (Å²) in [4.78, 5) is 13.7. The van der Waals surface area contributed by atoms with E-state index in [0.717, 1.165) is 35.5 Å². The number of benzene rings is 2. The molecule has 2 heterocycles. The van der Waals surface area contributed by atoms with Gasteiger partial charge in [0.05, 0.1) is 23.2 Å². The van der Waals surface area contributed by atoms with E-state index in [1.54, 1.807) is 30.6 Å². The maximum Gasteiger partial charge on any atom is 0.227 e. The molecule has 0 saturated heterocycles. The molecule has 0 atom stereocenters. The van der Waals surface area contributed by atoms with Gasteiger partial charge in [0.1, 0.15) is 17.5 Å². The van der Waals surface area contributed by atoms with Crippen molar-refractivity contribution in [1.82, 2.24) is 19.5 Å². The van der Waals surface area contributed by atoms with Crippen molar-refractivity contribution < 1.29 is 13.9 Å². The molecular formula is C27H27F2N5O. The zero-order valence-corrected chi connectivity index (χ0v) is 19.7. The van der Waals surface area contributed by atoms with Crippen LogP contribution in [0, 0.1) is 18.6 Å². The zero-order valence-electron chi connectivity index (χ0n) is 19.7. The van der Waals surface area contributed by atoms with E-state index in [9.17, 15) is 13.9 Å². The highest BCUT2D eigenvalue weighted by Crippen LogP contribution is 2.39. The fourth-order valence-corrected chi connectivity index (χ4v) is 4.63. The molecule has 180 valence electrons. The van der Waals surface area contributed by atoms with E-state index < -0.39 is 5.60 Å². The predicted octanol–water partition coefficient (Wildman–Crippen LogP) is 6.20. The Morgan fingerprint density at radius 2 is 1.71 bits per heavy atom. The highest BCUT2D eigenvalue weighted by Gasteiger charge is 2.32. The fraction of sp³-hybridized carbons (Fsp3) is 0.296. The molecule has 1 aliphatic carbocycles. The SMILES string of the molecule is Cc1ccc(F)cc1Nc1nccc(-c2cnc(-c3ccc(F)cc3)n2C2CCC(C)(O)CC2)n1. The molecule has 2 N–H and O–H groups in total. The van der Waals surface area contributed by atoms with Crippen molar-refractivity contribution in [2.75, 3.05) is 5.32 Å². The summed E-state index contributed by atoms with van der Waals surface area (Å²) < 4.78 is 29.5. The van der Waals surface area contributed by atoms with Crippen LogP contribution in [0.3, 0.4) is 0 Å². The molecule has 0 unspecified atom stereocenters. The van der Waals surface area contributed by atoms with Gasteiger partial charge in [-0.25, -0.2) is 23.7 Å². The Balaban J connectivity index is 1.55. The molecule has 1 aliphatic rings. The van der Waals surface area contributed by atoms with E-state index in [0.29, 0.717) is 30.2 Å². The number of anilines is 2. The fourth-order valence-electron chi connectivity index (χ4n) is 4.63. The highest BCUT2D eigenvalue weighted by atomic mass is 19.1. The Morgan fingerprint density at radius 3 is 2.46 bits per heavy atom. The summed E-state index contributed by atoms with van der Waals surface area (Å²) >= 11 is 0. The van der Waals surface area contributed by atoms with Gasteiger partial charge in [-0.3, -0.25) is 0 Å². The molecular weight excluding hydrogens is 448 g/mol. The second-order valence-corrected chi connectivity index (χ2v) is 9.42. The van der Waals surface area contributed by atoms with Crippen molar-refractivity contribution in [2.45, 2.75) is 51.2 Å². The minimum absolute atomic E-state index is 0.101. The molecule has 6 nitrogen and oxygen atoms in total. The van der Waals surface area contributed by atoms with Crippen molar-refractivity contribution >= 4 is 11.6 Å². The number of nitrogens with zero attached hydrogens (tertiary/aromatic N) is 4. The molecule has 1 fully saturated rings. The quantitative estimate of drug-likeness (QED) is 0.359. The van der Waals surface area contributed by atoms with Gasteiger partial charge in [0, 0.05) is 23.5 Å². The first-order chi connectivity index (χ1) is 16.8. The highest BCUT2D eigenvalue weighted by molar-refractivity contribution is 5.66. The van der Waals surface area contributed by atoms with Crippen molar-refractivity contribution in [2.24, 2.45) is 0 Å². The summed E-state index contributed by atoms with van der Waals surface area (Å²) in [6, 6.07) is 12.7. The van der Waals surface area contributed by atoms with Crippen LogP contribution in [0.5, 0.6) is 0 Å². The lowest BCUT2D eigenvalue weighted by Crippen LogP contribution is -2.31. The van der Waals surface area contributed by atoms with E-state index in [1.807, 2.05) is 19.9 Å². The molecule has 0 spiro atoms. The minimum atomic E-state index is -0.678. The van der Waals surface area contributed by atoms with Gasteiger partial charge in [-0.05, 0) is 87.6 Å². The molecule has 8 heteroatoms. The zero-order chi connectivity index (χ0) is 24.6. The van der Waals surface area contributed by atoms with Crippen molar-refractivity contribution in [3.05, 3.63) is 78.1 Å². The third-order valence-corrected chi connectivity index (χ3v) is 6.66. The number of aliphatic hydroxyl groups is 1. The van der Waals surface area contributed by atoms with E-state index >= 15 is 0 Å². The largest absolute Gasteiger partial charge is 0.390 e. The Labute approximate surface area is 202 Å². The average molecular weight is 476 g/mol. The molecule has 0 amide bonds. The van der Waals surface area contributed by atoms with Crippen LogP contribution in [-0.2, 0) is 0 Å². The third kappa shape index (κ3) is 4.93. The van der Waals surface area contributed by atoms with Gasteiger partial charge in [-0.1, -0.05) is 6.07 Å². The van der Waals surface area contributed by atoms with Gasteiger partial charge >= 0.3 is 0 Å². The lowest BCUT2D eigenvalue weighted by Gasteiger charge is -2.35. The maximum atomic E-state index is 13.8. The molecule has 0 radical (unpaired) electrons. The van der Waals surface area contributed by atoms with E-state index in [1.165, 1.54) is 24.3 Å². The second kappa shape index (κ2) is 9.19. The molecule has 0 aliphatic heterocycles. The summed E-state index contributed by atoms with van der Waals surface area (Å²) in [7, 11) is 0. The number of hydrogen-bond acceptors (Lipinski definition) is 5. The minimum Gasteiger partial charge on any atom is -0.390 e. The van der Waals surface area contributed by atoms with Crippen LogP contribution in [0.2, 0.25) is 0 Å². The summed E-state index contributed by atoms with van der Waals surface area (Å²) in [5.74, 6) is 0.420. The lowest BCUT2D eigenvalue weighted by atomic mass is 9.83. The molecule has 5 rings (SSSR count). The van der Waals surface area contributed by atoms with Crippen LogP contribution in [0.25, 0.3) is 22.8 Å². The van der Waals surface area contributed by atoms with E-state index in [4.69, 9.17) is 9.97 Å². The summed E-state index contributed by atoms with van der Waals surface area (Å²) in [5.41, 5.74) is 3.06. The van der Waals surface area contributed by atoms with Crippen LogP contribution in [0.1, 0.15) is 44.2 Å². The lowest BCUT2D eigenvalue weighted by molar-refractivity contribution is 0.0103. The summed E-state index contributed by atoms with van der Waals surface area (Å²) in [6.07, 6.45) is 6.33. The van der Waals surface area contributed by atoms with Crippen molar-refractivity contribution in [1.29, 1.82) is 0 Å². The first-order valence-corrected chi connectivity index (χ1v) is 11.7. The molecule has 0 bridgehead atoms. The first-order valence-electron chi connectivity index (χ1n) is 11.7. The van der Waals surface area contributed by atoms with E-state index in [-0.39, 0.29) is 17.7 Å². The topological polar surface area (TPSA) is 75.9 Å². The summed E-state index contributed by atoms with van der Waals surface area (Å²) in [6.45, 7) is 3.75. The van der Waals surface area contributed by atoms with Crippen LogP contribution < -0.4 is 5.32 Å². The molecule has 4 aromatic rings. The number of imidazole rings is 1. The van der Waals surface area contributed by atoms with Gasteiger partial charge in [0.15, 0.2) is 0 Å². The summed E-state index contributed by atoms with van der Waals surface area (Å²) in [5, 5.41) is 13.6. The standard InChI is InChI=1S/C27H27F2N5O/c1-17-3-6-20(29)15-23(17)33-26-30-14-11-22(32-26)24-16-31-25(18-4-7-19(28)8-5-18)34(24)21-9-12-27(2,35)13-10-21/h3-8,11,14-16,21,35H,9-10,12-13H2,1-2H3,(H,30,32,33). The Bertz CT molecular complexity index is 1340. The number of rotatable bonds is 5. The predicted molar refractivity (Wildman–Crippen MR) is 131 cm³/mol. The molecule has 35 heavy (non-hydrogen) atoms. The maximum absolute atomic E-state index is 13.8. The van der Waals surface area contributed by atoms with Crippen molar-refractivity contribution in [3.8, 4) is 22.8 Å². The normalized spacial score (nSPS) is 20.1. The van der Waals surface area contributed by atoms with Crippen LogP contribution in [0.4, 0.5) is 20.4 Å². The van der Waals surface area contributed by atoms with Gasteiger partial charge in [-0.2, -0.15) is 0 Å². The van der Waals surface area contributed by atoms with Crippen LogP contribution >= 0.6 is 0 Å². The third-order valence-electron chi connectivity index (χ3n) is 6.66. The number of nitrogens with one attached hydrogen (secondary N) is 1. The molecule has 2 aromatic carbocycles. The Kier molecular flexibility index (Phi) is 6.06. The van der Waals surface area contributed by atoms with Crippen LogP contribution in [-0.4, -0.2) is 30.2 Å². The Hall–Kier alpha value is -3.65. The molecule has 2 aromatic heterocycles. The number of hydrogen-bond donors (Lipinski definition) is 2. The smallest absolute Gasteiger partial charge is 0.227 e. The van der Waals surface area contributed by atoms with Crippen molar-refractivity contribution in [3.63, 3.8) is 0 Å². The number of halogens is 2. The number of aromatic nitrogens is 4. The van der Waals surface area contributed by atoms with Gasteiger partial charge in [0.2, 0.25) is 5.95 Å². The van der Waals surface area contributed by atoms with Gasteiger partial charge < -0.3 is 15.0 Å². The van der Waals surface area contributed by atoms with E-state index in [2.05, 4.69) is 14.9 Å². The number of aryl methyl sites for hydroxylation is 1.